The van der Waals surface area contributed by atoms with E-state index < -0.39 is 0 Å². The van der Waals surface area contributed by atoms with Crippen molar-refractivity contribution in [3.05, 3.63) is 35.4 Å². The van der Waals surface area contributed by atoms with Crippen LogP contribution in [0.4, 0.5) is 0 Å². The molecule has 0 fully saturated rings. The fourth-order valence-corrected chi connectivity index (χ4v) is 2.00. The van der Waals surface area contributed by atoms with Crippen molar-refractivity contribution in [2.24, 2.45) is 5.92 Å². The first-order valence-corrected chi connectivity index (χ1v) is 9.10. The largest absolute Gasteiger partial charge is 0.379 e. The SMILES string of the molecule is CC.Cc1ccc(CNCCOCCOCCCC(C)C)cc1.[HH]. The van der Waals surface area contributed by atoms with Crippen LogP contribution in [-0.4, -0.2) is 33.0 Å². The van der Waals surface area contributed by atoms with E-state index in [2.05, 4.69) is 50.4 Å². The lowest BCUT2D eigenvalue weighted by Gasteiger charge is -2.08. The molecule has 0 aromatic heterocycles. The van der Waals surface area contributed by atoms with Gasteiger partial charge in [0.15, 0.2) is 0 Å². The van der Waals surface area contributed by atoms with Crippen LogP contribution < -0.4 is 5.32 Å². The molecule has 0 aliphatic carbocycles. The van der Waals surface area contributed by atoms with Crippen molar-refractivity contribution in [2.45, 2.75) is 54.0 Å². The molecule has 0 unspecified atom stereocenters. The molecule has 0 bridgehead atoms. The summed E-state index contributed by atoms with van der Waals surface area (Å²) in [5.74, 6) is 0.768. The number of benzene rings is 1. The van der Waals surface area contributed by atoms with Crippen LogP contribution in [0.15, 0.2) is 24.3 Å². The summed E-state index contributed by atoms with van der Waals surface area (Å²) in [5.41, 5.74) is 2.62. The van der Waals surface area contributed by atoms with Crippen molar-refractivity contribution in [1.82, 2.24) is 5.32 Å². The summed E-state index contributed by atoms with van der Waals surface area (Å²) in [4.78, 5) is 0. The smallest absolute Gasteiger partial charge is 0.0701 e. The predicted molar refractivity (Wildman–Crippen MR) is 102 cm³/mol. The molecular formula is C20H39NO2. The number of hydrogen-bond acceptors (Lipinski definition) is 3. The first-order chi connectivity index (χ1) is 11.2. The van der Waals surface area contributed by atoms with Crippen LogP contribution in [0.2, 0.25) is 0 Å². The zero-order valence-electron chi connectivity index (χ0n) is 15.9. The van der Waals surface area contributed by atoms with Gasteiger partial charge < -0.3 is 14.8 Å². The normalized spacial score (nSPS) is 10.5. The van der Waals surface area contributed by atoms with Gasteiger partial charge in [0.05, 0.1) is 19.8 Å². The van der Waals surface area contributed by atoms with Crippen molar-refractivity contribution >= 4 is 0 Å². The first-order valence-electron chi connectivity index (χ1n) is 9.10. The van der Waals surface area contributed by atoms with Crippen LogP contribution in [0.1, 0.15) is 53.1 Å². The first kappa shape index (κ1) is 22.1. The van der Waals surface area contributed by atoms with Crippen LogP contribution >= 0.6 is 0 Å². The summed E-state index contributed by atoms with van der Waals surface area (Å²) in [6.07, 6.45) is 2.39. The Morgan fingerprint density at radius 1 is 0.957 bits per heavy atom. The molecule has 136 valence electrons. The molecule has 1 aromatic carbocycles. The molecule has 1 rings (SSSR count). The van der Waals surface area contributed by atoms with Gasteiger partial charge in [0, 0.05) is 21.1 Å². The van der Waals surface area contributed by atoms with E-state index in [4.69, 9.17) is 9.47 Å². The van der Waals surface area contributed by atoms with Gasteiger partial charge >= 0.3 is 0 Å². The number of aryl methyl sites for hydroxylation is 1. The van der Waals surface area contributed by atoms with Crippen molar-refractivity contribution in [3.8, 4) is 0 Å². The van der Waals surface area contributed by atoms with Gasteiger partial charge in [0.25, 0.3) is 0 Å². The third-order valence-electron chi connectivity index (χ3n) is 3.32. The van der Waals surface area contributed by atoms with Gasteiger partial charge in [-0.2, -0.15) is 0 Å². The molecule has 23 heavy (non-hydrogen) atoms. The number of hydrogen-bond donors (Lipinski definition) is 1. The Morgan fingerprint density at radius 2 is 1.57 bits per heavy atom. The Kier molecular flexibility index (Phi) is 15.4. The van der Waals surface area contributed by atoms with Crippen LogP contribution in [0, 0.1) is 12.8 Å². The summed E-state index contributed by atoms with van der Waals surface area (Å²) >= 11 is 0. The van der Waals surface area contributed by atoms with Crippen molar-refractivity contribution in [1.29, 1.82) is 0 Å². The highest BCUT2D eigenvalue weighted by Crippen LogP contribution is 2.03. The second-order valence-electron chi connectivity index (χ2n) is 5.92. The summed E-state index contributed by atoms with van der Waals surface area (Å²) in [7, 11) is 0. The maximum absolute atomic E-state index is 5.53. The van der Waals surface area contributed by atoms with Crippen LogP contribution in [-0.2, 0) is 16.0 Å². The molecule has 3 nitrogen and oxygen atoms in total. The highest BCUT2D eigenvalue weighted by atomic mass is 16.5. The summed E-state index contributed by atoms with van der Waals surface area (Å²) < 4.78 is 11.1. The van der Waals surface area contributed by atoms with E-state index in [0.29, 0.717) is 13.2 Å². The quantitative estimate of drug-likeness (QED) is 0.559. The molecule has 0 amide bonds. The highest BCUT2D eigenvalue weighted by Gasteiger charge is 1.95. The van der Waals surface area contributed by atoms with E-state index in [1.807, 2.05) is 13.8 Å². The molecule has 1 N–H and O–H groups in total. The van der Waals surface area contributed by atoms with Crippen molar-refractivity contribution in [2.75, 3.05) is 33.0 Å². The molecular weight excluding hydrogens is 286 g/mol. The van der Waals surface area contributed by atoms with Crippen LogP contribution in [0.25, 0.3) is 0 Å². The van der Waals surface area contributed by atoms with E-state index in [0.717, 1.165) is 38.6 Å². The summed E-state index contributed by atoms with van der Waals surface area (Å²) in [5, 5.41) is 3.38. The molecule has 0 heterocycles. The third kappa shape index (κ3) is 14.4. The molecule has 0 saturated heterocycles. The minimum absolute atomic E-state index is 0. The van der Waals surface area contributed by atoms with Gasteiger partial charge in [-0.25, -0.2) is 0 Å². The molecule has 0 radical (unpaired) electrons. The van der Waals surface area contributed by atoms with Crippen LogP contribution in [0.5, 0.6) is 0 Å². The van der Waals surface area contributed by atoms with E-state index in [9.17, 15) is 0 Å². The third-order valence-corrected chi connectivity index (χ3v) is 3.32. The lowest BCUT2D eigenvalue weighted by molar-refractivity contribution is 0.0466. The Morgan fingerprint density at radius 3 is 2.17 bits per heavy atom. The monoisotopic (exact) mass is 325 g/mol. The molecule has 3 heteroatoms. The topological polar surface area (TPSA) is 30.5 Å². The number of rotatable bonds is 12. The highest BCUT2D eigenvalue weighted by molar-refractivity contribution is 5.20. The standard InChI is InChI=1S/C18H31NO2.C2H6.H2/c1-16(2)5-4-11-20-13-14-21-12-10-19-15-18-8-6-17(3)7-9-18;1-2;/h6-9,16,19H,4-5,10-15H2,1-3H3;1-2H3;1H. The summed E-state index contributed by atoms with van der Waals surface area (Å²) in [6.45, 7) is 15.4. The lowest BCUT2D eigenvalue weighted by Crippen LogP contribution is -2.20. The van der Waals surface area contributed by atoms with E-state index in [1.54, 1.807) is 0 Å². The molecule has 1 aromatic rings. The van der Waals surface area contributed by atoms with E-state index in [-0.39, 0.29) is 1.43 Å². The zero-order valence-corrected chi connectivity index (χ0v) is 15.9. The minimum Gasteiger partial charge on any atom is -0.379 e. The molecule has 0 aliphatic heterocycles. The van der Waals surface area contributed by atoms with Gasteiger partial charge in [0.1, 0.15) is 0 Å². The Balaban J connectivity index is 0. The van der Waals surface area contributed by atoms with Crippen LogP contribution in [0.3, 0.4) is 0 Å². The zero-order chi connectivity index (χ0) is 17.3. The fourth-order valence-electron chi connectivity index (χ4n) is 2.00. The van der Waals surface area contributed by atoms with E-state index >= 15 is 0 Å². The second kappa shape index (κ2) is 16.0. The van der Waals surface area contributed by atoms with Gasteiger partial charge in [0.2, 0.25) is 0 Å². The molecule has 0 saturated carbocycles. The van der Waals surface area contributed by atoms with Crippen molar-refractivity contribution < 1.29 is 10.9 Å². The number of ether oxygens (including phenoxy) is 2. The van der Waals surface area contributed by atoms with Gasteiger partial charge in [-0.15, -0.1) is 0 Å². The molecule has 0 spiro atoms. The Bertz CT molecular complexity index is 355. The average Bonchev–Trinajstić information content (AvgIpc) is 2.56. The molecule has 0 atom stereocenters. The maximum atomic E-state index is 5.53. The van der Waals surface area contributed by atoms with Gasteiger partial charge in [-0.05, 0) is 31.2 Å². The average molecular weight is 326 g/mol. The van der Waals surface area contributed by atoms with E-state index in [1.165, 1.54) is 17.5 Å². The predicted octanol–water partition coefficient (Wildman–Crippen LogP) is 4.83. The lowest BCUT2D eigenvalue weighted by atomic mass is 10.1. The minimum atomic E-state index is 0. The summed E-state index contributed by atoms with van der Waals surface area (Å²) in [6, 6.07) is 8.61. The number of nitrogens with one attached hydrogen (secondary N) is 1. The second-order valence-corrected chi connectivity index (χ2v) is 5.92. The Hall–Kier alpha value is -0.900. The maximum Gasteiger partial charge on any atom is 0.0701 e. The fraction of sp³-hybridized carbons (Fsp3) is 0.700. The van der Waals surface area contributed by atoms with Gasteiger partial charge in [-0.1, -0.05) is 57.5 Å². The molecule has 0 aliphatic rings. The van der Waals surface area contributed by atoms with Gasteiger partial charge in [-0.3, -0.25) is 0 Å². The van der Waals surface area contributed by atoms with Crippen molar-refractivity contribution in [3.63, 3.8) is 0 Å². The Labute approximate surface area is 145 Å².